The summed E-state index contributed by atoms with van der Waals surface area (Å²) in [5.74, 6) is -0.507. The van der Waals surface area contributed by atoms with Gasteiger partial charge in [0.2, 0.25) is 0 Å². The van der Waals surface area contributed by atoms with Crippen LogP contribution < -0.4 is 0 Å². The van der Waals surface area contributed by atoms with Crippen LogP contribution in [0, 0.1) is 5.82 Å². The molecule has 20 heavy (non-hydrogen) atoms. The molecule has 0 unspecified atom stereocenters. The molecule has 1 aromatic heterocycles. The molecule has 2 aromatic rings. The average Bonchev–Trinajstić information content (AvgIpc) is 2.46. The molecule has 104 valence electrons. The predicted octanol–water partition coefficient (Wildman–Crippen LogP) is 3.71. The van der Waals surface area contributed by atoms with Crippen LogP contribution in [-0.4, -0.2) is 22.8 Å². The summed E-state index contributed by atoms with van der Waals surface area (Å²) in [4.78, 5) is 17.8. The molecule has 1 heterocycles. The van der Waals surface area contributed by atoms with Crippen molar-refractivity contribution in [1.82, 2.24) is 9.88 Å². The Bertz CT molecular complexity index is 598. The first-order chi connectivity index (χ1) is 9.49. The number of amides is 1. The second-order valence-electron chi connectivity index (χ2n) is 4.51. The van der Waals surface area contributed by atoms with Gasteiger partial charge >= 0.3 is 0 Å². The normalized spacial score (nSPS) is 12.0. The number of hydrogen-bond donors (Lipinski definition) is 0. The molecule has 0 spiro atoms. The maximum Gasteiger partial charge on any atom is 0.272 e. The molecule has 0 aliphatic carbocycles. The van der Waals surface area contributed by atoms with Crippen molar-refractivity contribution < 1.29 is 9.18 Å². The lowest BCUT2D eigenvalue weighted by Crippen LogP contribution is -2.30. The highest BCUT2D eigenvalue weighted by atomic mass is 35.5. The summed E-state index contributed by atoms with van der Waals surface area (Å²) in [6.45, 7) is 1.88. The molecule has 1 amide bonds. The summed E-state index contributed by atoms with van der Waals surface area (Å²) < 4.78 is 12.9. The fourth-order valence-corrected chi connectivity index (χ4v) is 1.94. The van der Waals surface area contributed by atoms with E-state index in [9.17, 15) is 9.18 Å². The van der Waals surface area contributed by atoms with Crippen LogP contribution in [0.4, 0.5) is 4.39 Å². The predicted molar refractivity (Wildman–Crippen MR) is 76.2 cm³/mol. The number of nitrogens with zero attached hydrogens (tertiary/aromatic N) is 2. The van der Waals surface area contributed by atoms with Crippen LogP contribution in [0.3, 0.4) is 0 Å². The molecular weight excluding hydrogens is 279 g/mol. The van der Waals surface area contributed by atoms with Crippen molar-refractivity contribution in [2.75, 3.05) is 7.05 Å². The van der Waals surface area contributed by atoms with Gasteiger partial charge in [-0.15, -0.1) is 0 Å². The van der Waals surface area contributed by atoms with Crippen molar-refractivity contribution in [2.24, 2.45) is 0 Å². The smallest absolute Gasteiger partial charge is 0.272 e. The Kier molecular flexibility index (Phi) is 4.35. The fourth-order valence-electron chi connectivity index (χ4n) is 1.82. The van der Waals surface area contributed by atoms with Gasteiger partial charge in [-0.1, -0.05) is 23.7 Å². The van der Waals surface area contributed by atoms with E-state index in [2.05, 4.69) is 4.98 Å². The van der Waals surface area contributed by atoms with Crippen molar-refractivity contribution in [3.8, 4) is 0 Å². The van der Waals surface area contributed by atoms with Crippen LogP contribution in [0.2, 0.25) is 5.02 Å². The van der Waals surface area contributed by atoms with E-state index in [4.69, 9.17) is 11.6 Å². The van der Waals surface area contributed by atoms with Gasteiger partial charge in [-0.05, 0) is 36.8 Å². The standard InChI is InChI=1S/C15H14ClFN2O/c1-10(11-3-6-13(17)7-4-11)19(2)15(20)14-8-5-12(16)9-18-14/h3-10H,1-2H3/t10-/m1/s1. The molecule has 1 aromatic carbocycles. The first-order valence-electron chi connectivity index (χ1n) is 6.13. The van der Waals surface area contributed by atoms with Crippen LogP contribution in [0.15, 0.2) is 42.6 Å². The van der Waals surface area contributed by atoms with E-state index >= 15 is 0 Å². The largest absolute Gasteiger partial charge is 0.334 e. The van der Waals surface area contributed by atoms with E-state index in [1.807, 2.05) is 6.92 Å². The van der Waals surface area contributed by atoms with Crippen LogP contribution >= 0.6 is 11.6 Å². The zero-order valence-electron chi connectivity index (χ0n) is 11.2. The number of rotatable bonds is 3. The number of benzene rings is 1. The minimum absolute atomic E-state index is 0.180. The lowest BCUT2D eigenvalue weighted by Gasteiger charge is -2.25. The molecule has 5 heteroatoms. The topological polar surface area (TPSA) is 33.2 Å². The Morgan fingerprint density at radius 3 is 2.45 bits per heavy atom. The van der Waals surface area contributed by atoms with Crippen LogP contribution in [0.1, 0.15) is 29.0 Å². The molecule has 0 aliphatic heterocycles. The Hall–Kier alpha value is -1.94. The second kappa shape index (κ2) is 6.01. The summed E-state index contributed by atoms with van der Waals surface area (Å²) >= 11 is 5.75. The van der Waals surface area contributed by atoms with Gasteiger partial charge in [-0.25, -0.2) is 9.37 Å². The molecule has 0 saturated carbocycles. The summed E-state index contributed by atoms with van der Waals surface area (Å²) in [7, 11) is 1.69. The summed E-state index contributed by atoms with van der Waals surface area (Å²) in [6, 6.07) is 9.12. The molecule has 0 aliphatic rings. The third-order valence-electron chi connectivity index (χ3n) is 3.20. The molecule has 0 N–H and O–H groups in total. The van der Waals surface area contributed by atoms with E-state index < -0.39 is 0 Å². The Balaban J connectivity index is 2.17. The van der Waals surface area contributed by atoms with Gasteiger partial charge in [0.25, 0.3) is 5.91 Å². The SMILES string of the molecule is C[C@H](c1ccc(F)cc1)N(C)C(=O)c1ccc(Cl)cn1. The third kappa shape index (κ3) is 3.14. The Morgan fingerprint density at radius 2 is 1.90 bits per heavy atom. The van der Waals surface area contributed by atoms with E-state index in [0.717, 1.165) is 5.56 Å². The second-order valence-corrected chi connectivity index (χ2v) is 4.94. The maximum atomic E-state index is 12.9. The minimum Gasteiger partial charge on any atom is -0.334 e. The van der Waals surface area contributed by atoms with E-state index in [-0.39, 0.29) is 17.8 Å². The maximum absolute atomic E-state index is 12.9. The van der Waals surface area contributed by atoms with Gasteiger partial charge in [0.1, 0.15) is 11.5 Å². The van der Waals surface area contributed by atoms with E-state index in [1.165, 1.54) is 18.3 Å². The lowest BCUT2D eigenvalue weighted by atomic mass is 10.1. The van der Waals surface area contributed by atoms with Gasteiger partial charge in [-0.3, -0.25) is 4.79 Å². The molecule has 1 atom stereocenters. The number of hydrogen-bond acceptors (Lipinski definition) is 2. The van der Waals surface area contributed by atoms with Gasteiger partial charge < -0.3 is 4.90 Å². The highest BCUT2D eigenvalue weighted by Gasteiger charge is 2.19. The molecule has 0 bridgehead atoms. The number of carbonyl (C=O) groups excluding carboxylic acids is 1. The van der Waals surface area contributed by atoms with Gasteiger partial charge in [0.15, 0.2) is 0 Å². The van der Waals surface area contributed by atoms with Gasteiger partial charge in [0, 0.05) is 13.2 Å². The van der Waals surface area contributed by atoms with Crippen molar-refractivity contribution >= 4 is 17.5 Å². The molecule has 0 radical (unpaired) electrons. The van der Waals surface area contributed by atoms with Crippen molar-refractivity contribution in [3.63, 3.8) is 0 Å². The van der Waals surface area contributed by atoms with Crippen LogP contribution in [0.25, 0.3) is 0 Å². The summed E-state index contributed by atoms with van der Waals surface area (Å²) in [6.07, 6.45) is 1.44. The van der Waals surface area contributed by atoms with Crippen molar-refractivity contribution in [1.29, 1.82) is 0 Å². The number of carbonyl (C=O) groups is 1. The van der Waals surface area contributed by atoms with Gasteiger partial charge in [0.05, 0.1) is 11.1 Å². The first-order valence-corrected chi connectivity index (χ1v) is 6.51. The highest BCUT2D eigenvalue weighted by Crippen LogP contribution is 2.20. The van der Waals surface area contributed by atoms with Crippen molar-refractivity contribution in [3.05, 3.63) is 64.7 Å². The Morgan fingerprint density at radius 1 is 1.25 bits per heavy atom. The zero-order chi connectivity index (χ0) is 14.7. The third-order valence-corrected chi connectivity index (χ3v) is 3.42. The van der Waals surface area contributed by atoms with Crippen LogP contribution in [-0.2, 0) is 0 Å². The molecule has 0 saturated heterocycles. The molecular formula is C15H14ClFN2O. The van der Waals surface area contributed by atoms with E-state index in [0.29, 0.717) is 10.7 Å². The summed E-state index contributed by atoms with van der Waals surface area (Å²) in [5, 5.41) is 0.482. The molecule has 0 fully saturated rings. The quantitative estimate of drug-likeness (QED) is 0.864. The number of halogens is 2. The summed E-state index contributed by atoms with van der Waals surface area (Å²) in [5.41, 5.74) is 1.18. The van der Waals surface area contributed by atoms with E-state index in [1.54, 1.807) is 36.2 Å². The van der Waals surface area contributed by atoms with Crippen molar-refractivity contribution in [2.45, 2.75) is 13.0 Å². The number of aromatic nitrogens is 1. The highest BCUT2D eigenvalue weighted by molar-refractivity contribution is 6.30. The Labute approximate surface area is 122 Å². The molecule has 2 rings (SSSR count). The molecule has 3 nitrogen and oxygen atoms in total. The fraction of sp³-hybridized carbons (Fsp3) is 0.200. The first kappa shape index (κ1) is 14.5. The van der Waals surface area contributed by atoms with Gasteiger partial charge in [-0.2, -0.15) is 0 Å². The monoisotopic (exact) mass is 292 g/mol. The average molecular weight is 293 g/mol. The van der Waals surface area contributed by atoms with Crippen LogP contribution in [0.5, 0.6) is 0 Å². The minimum atomic E-state index is -0.297. The number of pyridine rings is 1. The lowest BCUT2D eigenvalue weighted by molar-refractivity contribution is 0.0736. The zero-order valence-corrected chi connectivity index (χ0v) is 11.9.